The number of imide groups is 2. The van der Waals surface area contributed by atoms with E-state index >= 15 is 0 Å². The summed E-state index contributed by atoms with van der Waals surface area (Å²) >= 11 is 0. The van der Waals surface area contributed by atoms with Crippen molar-refractivity contribution in [1.29, 1.82) is 0 Å². The summed E-state index contributed by atoms with van der Waals surface area (Å²) in [5.74, 6) is -3.62. The Labute approximate surface area is 203 Å². The highest BCUT2D eigenvalue weighted by molar-refractivity contribution is 6.24. The number of fused-ring (bicyclic) bond motifs is 4. The molecule has 35 heavy (non-hydrogen) atoms. The third-order valence-electron chi connectivity index (χ3n) is 8.76. The van der Waals surface area contributed by atoms with E-state index < -0.39 is 29.1 Å². The smallest absolute Gasteiger partial charge is 0.241 e. The van der Waals surface area contributed by atoms with E-state index in [0.717, 1.165) is 5.57 Å². The minimum atomic E-state index is -1.14. The third kappa shape index (κ3) is 2.72. The number of allylic oxidation sites excluding steroid dienone is 2. The number of rotatable bonds is 2. The summed E-state index contributed by atoms with van der Waals surface area (Å²) in [6, 6.07) is 15.8. The molecule has 6 rings (SSSR count). The molecule has 0 radical (unpaired) electrons. The van der Waals surface area contributed by atoms with Crippen LogP contribution in [-0.2, 0) is 19.2 Å². The van der Waals surface area contributed by atoms with Gasteiger partial charge in [-0.3, -0.25) is 24.1 Å². The maximum absolute atomic E-state index is 14.1. The van der Waals surface area contributed by atoms with Crippen LogP contribution < -0.4 is 4.90 Å². The number of nitrogens with zero attached hydrogens (tertiary/aromatic N) is 2. The van der Waals surface area contributed by atoms with E-state index in [1.807, 2.05) is 19.1 Å². The van der Waals surface area contributed by atoms with Crippen LogP contribution >= 0.6 is 0 Å². The predicted molar refractivity (Wildman–Crippen MR) is 127 cm³/mol. The Morgan fingerprint density at radius 2 is 1.57 bits per heavy atom. The van der Waals surface area contributed by atoms with Crippen molar-refractivity contribution in [2.75, 3.05) is 11.9 Å². The molecule has 4 amide bonds. The van der Waals surface area contributed by atoms with Crippen LogP contribution in [0, 0.1) is 29.1 Å². The van der Waals surface area contributed by atoms with Gasteiger partial charge in [0.1, 0.15) is 5.75 Å². The number of benzene rings is 2. The van der Waals surface area contributed by atoms with Gasteiger partial charge in [0.05, 0.1) is 28.9 Å². The topological polar surface area (TPSA) is 95.0 Å². The van der Waals surface area contributed by atoms with Gasteiger partial charge in [-0.05, 0) is 43.9 Å². The van der Waals surface area contributed by atoms with Crippen molar-refractivity contribution in [3.63, 3.8) is 0 Å². The van der Waals surface area contributed by atoms with E-state index in [4.69, 9.17) is 0 Å². The number of hydrogen-bond donors (Lipinski definition) is 1. The summed E-state index contributed by atoms with van der Waals surface area (Å²) in [7, 11) is 1.51. The molecule has 1 N–H and O–H groups in total. The highest BCUT2D eigenvalue weighted by Crippen LogP contribution is 2.64. The quantitative estimate of drug-likeness (QED) is 0.537. The van der Waals surface area contributed by atoms with Crippen molar-refractivity contribution in [2.24, 2.45) is 29.1 Å². The van der Waals surface area contributed by atoms with E-state index in [9.17, 15) is 24.3 Å². The van der Waals surface area contributed by atoms with Gasteiger partial charge in [-0.2, -0.15) is 0 Å². The molecular weight excluding hydrogens is 444 g/mol. The zero-order valence-corrected chi connectivity index (χ0v) is 19.5. The minimum Gasteiger partial charge on any atom is -0.508 e. The number of phenolic OH excluding ortho intramolecular Hbond substituents is 1. The van der Waals surface area contributed by atoms with Gasteiger partial charge < -0.3 is 5.11 Å². The summed E-state index contributed by atoms with van der Waals surface area (Å²) in [6.07, 6.45) is 2.70. The van der Waals surface area contributed by atoms with Crippen molar-refractivity contribution in [2.45, 2.75) is 25.7 Å². The molecule has 0 spiro atoms. The Bertz CT molecular complexity index is 1320. The molecule has 4 aliphatic rings. The molecule has 2 aromatic rings. The first-order valence-corrected chi connectivity index (χ1v) is 12.0. The van der Waals surface area contributed by atoms with Crippen molar-refractivity contribution >= 4 is 29.3 Å². The first-order valence-electron chi connectivity index (χ1n) is 12.0. The van der Waals surface area contributed by atoms with Crippen molar-refractivity contribution < 1.29 is 24.3 Å². The average molecular weight is 471 g/mol. The van der Waals surface area contributed by atoms with Crippen molar-refractivity contribution in [3.05, 3.63) is 71.8 Å². The maximum Gasteiger partial charge on any atom is 0.241 e. The second-order valence-electron chi connectivity index (χ2n) is 10.3. The van der Waals surface area contributed by atoms with Crippen LogP contribution in [0.1, 0.15) is 31.2 Å². The van der Waals surface area contributed by atoms with Crippen molar-refractivity contribution in [3.8, 4) is 5.75 Å². The lowest BCUT2D eigenvalue weighted by Crippen LogP contribution is -2.48. The molecule has 0 bridgehead atoms. The van der Waals surface area contributed by atoms with Gasteiger partial charge in [-0.15, -0.1) is 0 Å². The second-order valence-corrected chi connectivity index (χ2v) is 10.3. The monoisotopic (exact) mass is 470 g/mol. The Balaban J connectivity index is 1.55. The molecule has 2 aliphatic heterocycles. The van der Waals surface area contributed by atoms with Gasteiger partial charge in [-0.25, -0.2) is 4.90 Å². The molecule has 3 fully saturated rings. The van der Waals surface area contributed by atoms with Gasteiger partial charge >= 0.3 is 0 Å². The van der Waals surface area contributed by atoms with Gasteiger partial charge in [0.2, 0.25) is 23.6 Å². The molecule has 178 valence electrons. The van der Waals surface area contributed by atoms with Crippen LogP contribution in [0.5, 0.6) is 5.75 Å². The largest absolute Gasteiger partial charge is 0.508 e. The van der Waals surface area contributed by atoms with Gasteiger partial charge in [0, 0.05) is 18.5 Å². The molecule has 7 heteroatoms. The molecule has 2 heterocycles. The molecule has 0 aromatic heterocycles. The van der Waals surface area contributed by atoms with Gasteiger partial charge in [0.25, 0.3) is 0 Å². The third-order valence-corrected chi connectivity index (χ3v) is 8.76. The molecule has 2 aliphatic carbocycles. The predicted octanol–water partition coefficient (Wildman–Crippen LogP) is 3.25. The first kappa shape index (κ1) is 21.8. The van der Waals surface area contributed by atoms with Crippen LogP contribution in [0.4, 0.5) is 5.69 Å². The van der Waals surface area contributed by atoms with Crippen molar-refractivity contribution in [1.82, 2.24) is 4.90 Å². The number of likely N-dealkylation sites (tertiary alicyclic amines) is 1. The summed E-state index contributed by atoms with van der Waals surface area (Å²) in [5, 5.41) is 10.9. The van der Waals surface area contributed by atoms with Crippen LogP contribution in [0.25, 0.3) is 0 Å². The second kappa shape index (κ2) is 7.38. The van der Waals surface area contributed by atoms with Gasteiger partial charge in [0.15, 0.2) is 0 Å². The van der Waals surface area contributed by atoms with Crippen LogP contribution in [0.3, 0.4) is 0 Å². The number of anilines is 1. The molecule has 6 atom stereocenters. The average Bonchev–Trinajstić information content (AvgIpc) is 3.20. The van der Waals surface area contributed by atoms with E-state index in [-0.39, 0.29) is 35.3 Å². The lowest BCUT2D eigenvalue weighted by molar-refractivity contribution is -0.138. The van der Waals surface area contributed by atoms with Crippen LogP contribution in [0.15, 0.2) is 66.2 Å². The summed E-state index contributed by atoms with van der Waals surface area (Å²) in [4.78, 5) is 56.4. The zero-order valence-electron chi connectivity index (χ0n) is 19.5. The fourth-order valence-electron chi connectivity index (χ4n) is 7.07. The standard InChI is InChI=1S/C28H26N2O5/c1-28-20(25(33)30(27(28)35)15-8-4-3-5-9-15)14-19-16(23(28)17-10-6-7-11-21(17)31)12-13-18-22(19)26(34)29(2)24(18)32/h3-12,18-20,22-23,31H,13-14H2,1-2H3. The Morgan fingerprint density at radius 3 is 2.29 bits per heavy atom. The van der Waals surface area contributed by atoms with E-state index in [2.05, 4.69) is 0 Å². The fourth-order valence-corrected chi connectivity index (χ4v) is 7.07. The number of amides is 4. The molecular formula is C28H26N2O5. The number of carbonyl (C=O) groups excluding carboxylic acids is 4. The van der Waals surface area contributed by atoms with E-state index in [1.54, 1.807) is 48.5 Å². The number of carbonyl (C=O) groups is 4. The molecule has 6 unspecified atom stereocenters. The fraction of sp³-hybridized carbons (Fsp3) is 0.357. The summed E-state index contributed by atoms with van der Waals surface area (Å²) < 4.78 is 0. The minimum absolute atomic E-state index is 0.0468. The lowest BCUT2D eigenvalue weighted by Gasteiger charge is -2.49. The number of aromatic hydroxyl groups is 1. The van der Waals surface area contributed by atoms with Crippen LogP contribution in [0.2, 0.25) is 0 Å². The zero-order chi connectivity index (χ0) is 24.6. The molecule has 7 nitrogen and oxygen atoms in total. The summed E-state index contributed by atoms with van der Waals surface area (Å²) in [5.41, 5.74) is 0.809. The molecule has 1 saturated carbocycles. The SMILES string of the molecule is CN1C(=O)C2CC=C3C(CC4C(=O)N(c5ccccc5)C(=O)C4(C)C3c3ccccc3O)C2C1=O. The molecule has 2 aromatic carbocycles. The van der Waals surface area contributed by atoms with Gasteiger partial charge in [-0.1, -0.05) is 48.0 Å². The lowest BCUT2D eigenvalue weighted by atomic mass is 9.51. The normalized spacial score (nSPS) is 34.0. The number of hydrogen-bond acceptors (Lipinski definition) is 5. The van der Waals surface area contributed by atoms with E-state index in [0.29, 0.717) is 24.1 Å². The number of phenols is 1. The van der Waals surface area contributed by atoms with E-state index in [1.165, 1.54) is 16.8 Å². The van der Waals surface area contributed by atoms with Crippen LogP contribution in [-0.4, -0.2) is 40.7 Å². The highest BCUT2D eigenvalue weighted by Gasteiger charge is 2.67. The Hall–Kier alpha value is -3.74. The highest BCUT2D eigenvalue weighted by atomic mass is 16.3. The Morgan fingerprint density at radius 1 is 0.886 bits per heavy atom. The molecule has 2 saturated heterocycles. The summed E-state index contributed by atoms with van der Waals surface area (Å²) in [6.45, 7) is 1.81. The maximum atomic E-state index is 14.1. The first-order chi connectivity index (χ1) is 16.8. The number of para-hydroxylation sites is 2. The Kier molecular flexibility index (Phi) is 4.59.